The van der Waals surface area contributed by atoms with Crippen molar-refractivity contribution in [3.05, 3.63) is 29.0 Å². The number of nitrogens with zero attached hydrogens (tertiary/aromatic N) is 2. The molecule has 1 fully saturated rings. The topological polar surface area (TPSA) is 45.6 Å². The van der Waals surface area contributed by atoms with E-state index in [0.717, 1.165) is 18.7 Å². The smallest absolute Gasteiger partial charge is 0.129 e. The molecule has 0 aliphatic carbocycles. The molecule has 5 heteroatoms. The van der Waals surface area contributed by atoms with E-state index >= 15 is 0 Å². The van der Waals surface area contributed by atoms with Gasteiger partial charge in [-0.1, -0.05) is 17.7 Å². The van der Waals surface area contributed by atoms with Gasteiger partial charge in [0.1, 0.15) is 5.15 Å². The van der Waals surface area contributed by atoms with Crippen molar-refractivity contribution in [1.29, 1.82) is 0 Å². The van der Waals surface area contributed by atoms with Crippen LogP contribution in [0.15, 0.2) is 18.3 Å². The lowest BCUT2D eigenvalue weighted by Crippen LogP contribution is -2.52. The number of halogens is 1. The summed E-state index contributed by atoms with van der Waals surface area (Å²) in [5.41, 5.74) is 1.04. The molecule has 0 atom stereocenters. The summed E-state index contributed by atoms with van der Waals surface area (Å²) in [7, 11) is 2.03. The van der Waals surface area contributed by atoms with Crippen molar-refractivity contribution < 1.29 is 9.84 Å². The van der Waals surface area contributed by atoms with E-state index in [1.165, 1.54) is 0 Å². The molecule has 17 heavy (non-hydrogen) atoms. The van der Waals surface area contributed by atoms with Crippen molar-refractivity contribution in [2.45, 2.75) is 6.54 Å². The first kappa shape index (κ1) is 12.8. The van der Waals surface area contributed by atoms with Crippen LogP contribution in [0.4, 0.5) is 0 Å². The Kier molecular flexibility index (Phi) is 3.99. The van der Waals surface area contributed by atoms with Crippen molar-refractivity contribution in [2.75, 3.05) is 33.4 Å². The molecular formula is C12H17ClN2O2. The second-order valence-corrected chi connectivity index (χ2v) is 5.20. The minimum absolute atomic E-state index is 0.0748. The summed E-state index contributed by atoms with van der Waals surface area (Å²) in [6.45, 7) is 3.09. The summed E-state index contributed by atoms with van der Waals surface area (Å²) in [6.07, 6.45) is 1.78. The van der Waals surface area contributed by atoms with Gasteiger partial charge in [0.2, 0.25) is 0 Å². The van der Waals surface area contributed by atoms with E-state index in [9.17, 15) is 5.11 Å². The summed E-state index contributed by atoms with van der Waals surface area (Å²) in [6, 6.07) is 3.76. The Morgan fingerprint density at radius 3 is 2.76 bits per heavy atom. The quantitative estimate of drug-likeness (QED) is 0.804. The molecule has 0 bridgehead atoms. The summed E-state index contributed by atoms with van der Waals surface area (Å²) in [4.78, 5) is 6.22. The van der Waals surface area contributed by atoms with Gasteiger partial charge in [-0.25, -0.2) is 4.98 Å². The van der Waals surface area contributed by atoms with E-state index in [2.05, 4.69) is 9.88 Å². The normalized spacial score (nSPS) is 18.1. The van der Waals surface area contributed by atoms with Crippen LogP contribution < -0.4 is 0 Å². The van der Waals surface area contributed by atoms with Crippen LogP contribution >= 0.6 is 11.6 Å². The fraction of sp³-hybridized carbons (Fsp3) is 0.583. The molecule has 1 aliphatic heterocycles. The Hall–Kier alpha value is -0.680. The van der Waals surface area contributed by atoms with Crippen LogP contribution in [0, 0.1) is 5.41 Å². The summed E-state index contributed by atoms with van der Waals surface area (Å²) in [5.74, 6) is 0. The van der Waals surface area contributed by atoms with Crippen LogP contribution in [0.25, 0.3) is 0 Å². The summed E-state index contributed by atoms with van der Waals surface area (Å²) in [5, 5.41) is 9.86. The fourth-order valence-electron chi connectivity index (χ4n) is 2.06. The number of ether oxygens (including phenoxy) is 1. The van der Waals surface area contributed by atoms with Crippen LogP contribution in [-0.4, -0.2) is 48.4 Å². The molecule has 0 saturated carbocycles. The highest BCUT2D eigenvalue weighted by Crippen LogP contribution is 2.27. The summed E-state index contributed by atoms with van der Waals surface area (Å²) >= 11 is 5.73. The molecule has 94 valence electrons. The highest BCUT2D eigenvalue weighted by atomic mass is 35.5. The van der Waals surface area contributed by atoms with Gasteiger partial charge in [-0.05, 0) is 18.7 Å². The number of pyridine rings is 1. The molecule has 0 unspecified atom stereocenters. The van der Waals surface area contributed by atoms with E-state index in [1.54, 1.807) is 12.3 Å². The maximum absolute atomic E-state index is 9.35. The van der Waals surface area contributed by atoms with Gasteiger partial charge >= 0.3 is 0 Å². The Morgan fingerprint density at radius 1 is 1.53 bits per heavy atom. The predicted octanol–water partition coefficient (Wildman–Crippen LogP) is 1.18. The molecule has 2 heterocycles. The van der Waals surface area contributed by atoms with Crippen LogP contribution in [0.1, 0.15) is 5.56 Å². The lowest BCUT2D eigenvalue weighted by Gasteiger charge is -2.42. The molecule has 1 aliphatic rings. The average molecular weight is 257 g/mol. The molecule has 1 aromatic rings. The first-order chi connectivity index (χ1) is 8.13. The van der Waals surface area contributed by atoms with E-state index in [-0.39, 0.29) is 12.0 Å². The average Bonchev–Trinajstić information content (AvgIpc) is 2.27. The molecule has 2 rings (SSSR count). The second kappa shape index (κ2) is 5.31. The zero-order valence-electron chi connectivity index (χ0n) is 9.90. The largest absolute Gasteiger partial charge is 0.396 e. The van der Waals surface area contributed by atoms with E-state index in [1.807, 2.05) is 13.1 Å². The Bertz CT molecular complexity index is 360. The maximum atomic E-state index is 9.35. The van der Waals surface area contributed by atoms with Crippen LogP contribution in [0.3, 0.4) is 0 Å². The number of aliphatic hydroxyl groups is 1. The van der Waals surface area contributed by atoms with Gasteiger partial charge in [-0.2, -0.15) is 0 Å². The molecule has 0 amide bonds. The minimum atomic E-state index is -0.0748. The van der Waals surface area contributed by atoms with E-state index in [0.29, 0.717) is 18.4 Å². The van der Waals surface area contributed by atoms with Crippen LogP contribution in [-0.2, 0) is 11.3 Å². The number of hydrogen-bond donors (Lipinski definition) is 1. The van der Waals surface area contributed by atoms with Gasteiger partial charge < -0.3 is 14.7 Å². The van der Waals surface area contributed by atoms with Crippen LogP contribution in [0.2, 0.25) is 5.15 Å². The van der Waals surface area contributed by atoms with Gasteiger partial charge in [-0.3, -0.25) is 0 Å². The molecule has 0 radical (unpaired) electrons. The van der Waals surface area contributed by atoms with Crippen molar-refractivity contribution in [3.8, 4) is 0 Å². The Balaban J connectivity index is 1.88. The molecule has 1 saturated heterocycles. The highest BCUT2D eigenvalue weighted by molar-refractivity contribution is 6.29. The summed E-state index contributed by atoms with van der Waals surface area (Å²) < 4.78 is 5.18. The molecular weight excluding hydrogens is 240 g/mol. The third-order valence-corrected chi connectivity index (χ3v) is 3.22. The maximum Gasteiger partial charge on any atom is 0.129 e. The minimum Gasteiger partial charge on any atom is -0.396 e. The fourth-order valence-corrected chi connectivity index (χ4v) is 2.18. The van der Waals surface area contributed by atoms with Gasteiger partial charge in [-0.15, -0.1) is 0 Å². The highest BCUT2D eigenvalue weighted by Gasteiger charge is 2.38. The van der Waals surface area contributed by atoms with Gasteiger partial charge in [0.15, 0.2) is 0 Å². The number of aliphatic hydroxyl groups excluding tert-OH is 1. The third kappa shape index (κ3) is 3.16. The monoisotopic (exact) mass is 256 g/mol. The molecule has 1 aromatic heterocycles. The first-order valence-electron chi connectivity index (χ1n) is 5.61. The van der Waals surface area contributed by atoms with E-state index in [4.69, 9.17) is 16.3 Å². The predicted molar refractivity (Wildman–Crippen MR) is 65.9 cm³/mol. The number of hydrogen-bond acceptors (Lipinski definition) is 4. The Morgan fingerprint density at radius 2 is 2.29 bits per heavy atom. The third-order valence-electron chi connectivity index (χ3n) is 3.00. The molecule has 0 aromatic carbocycles. The lowest BCUT2D eigenvalue weighted by atomic mass is 9.86. The van der Waals surface area contributed by atoms with Crippen molar-refractivity contribution in [2.24, 2.45) is 5.41 Å². The van der Waals surface area contributed by atoms with Crippen LogP contribution in [0.5, 0.6) is 0 Å². The zero-order chi connectivity index (χ0) is 12.3. The van der Waals surface area contributed by atoms with Gasteiger partial charge in [0, 0.05) is 19.3 Å². The number of rotatable bonds is 5. The Labute approximate surface area is 106 Å². The lowest BCUT2D eigenvalue weighted by molar-refractivity contribution is -0.147. The first-order valence-corrected chi connectivity index (χ1v) is 5.99. The number of aromatic nitrogens is 1. The molecule has 1 N–H and O–H groups in total. The molecule has 4 nitrogen and oxygen atoms in total. The van der Waals surface area contributed by atoms with Crippen molar-refractivity contribution in [3.63, 3.8) is 0 Å². The SMILES string of the molecule is CN(Cc1ccc(Cl)nc1)CC1(CO)COC1. The van der Waals surface area contributed by atoms with Gasteiger partial charge in [0.05, 0.1) is 25.2 Å². The van der Waals surface area contributed by atoms with Crippen molar-refractivity contribution >= 4 is 11.6 Å². The van der Waals surface area contributed by atoms with Gasteiger partial charge in [0.25, 0.3) is 0 Å². The second-order valence-electron chi connectivity index (χ2n) is 4.81. The van der Waals surface area contributed by atoms with E-state index < -0.39 is 0 Å². The zero-order valence-corrected chi connectivity index (χ0v) is 10.7. The van der Waals surface area contributed by atoms with Crippen molar-refractivity contribution in [1.82, 2.24) is 9.88 Å². The molecule has 0 spiro atoms. The standard InChI is InChI=1S/C12H17ClN2O2/c1-15(6-12(7-16)8-17-9-12)5-10-2-3-11(13)14-4-10/h2-4,16H,5-9H2,1H3.